The van der Waals surface area contributed by atoms with Crippen molar-refractivity contribution in [1.82, 2.24) is 5.32 Å². The van der Waals surface area contributed by atoms with Crippen molar-refractivity contribution >= 4 is 11.8 Å². The van der Waals surface area contributed by atoms with Gasteiger partial charge >= 0.3 is 0 Å². The van der Waals surface area contributed by atoms with Crippen LogP contribution in [0.1, 0.15) is 51.9 Å². The van der Waals surface area contributed by atoms with Crippen LogP contribution in [0.5, 0.6) is 0 Å². The Bertz CT molecular complexity index is 272. The van der Waals surface area contributed by atoms with Crippen molar-refractivity contribution in [3.8, 4) is 0 Å². The fraction of sp³-hybridized carbons (Fsp3) is 1.00. The lowest BCUT2D eigenvalue weighted by Crippen LogP contribution is -2.37. The molecule has 3 atom stereocenters. The second-order valence-corrected chi connectivity index (χ2v) is 7.92. The largest absolute Gasteiger partial charge is 0.389 e. The normalized spacial score (nSPS) is 29.4. The van der Waals surface area contributed by atoms with Gasteiger partial charge in [-0.2, -0.15) is 11.8 Å². The number of hydrogen-bond donors (Lipinski definition) is 2. The molecule has 0 aromatic carbocycles. The van der Waals surface area contributed by atoms with Gasteiger partial charge in [-0.1, -0.05) is 26.2 Å². The van der Waals surface area contributed by atoms with Gasteiger partial charge in [0.15, 0.2) is 0 Å². The molecule has 2 N–H and O–H groups in total. The van der Waals surface area contributed by atoms with Crippen LogP contribution in [0.2, 0.25) is 0 Å². The monoisotopic (exact) mass is 315 g/mol. The number of aliphatic hydroxyl groups excluding tert-OH is 1. The summed E-state index contributed by atoms with van der Waals surface area (Å²) in [5.74, 6) is 4.12. The van der Waals surface area contributed by atoms with Gasteiger partial charge in [-0.3, -0.25) is 0 Å². The number of ether oxygens (including phenoxy) is 1. The lowest BCUT2D eigenvalue weighted by Gasteiger charge is -2.31. The van der Waals surface area contributed by atoms with Crippen LogP contribution in [-0.4, -0.2) is 48.5 Å². The van der Waals surface area contributed by atoms with E-state index in [0.29, 0.717) is 25.2 Å². The quantitative estimate of drug-likeness (QED) is 0.722. The zero-order valence-corrected chi connectivity index (χ0v) is 14.4. The third-order valence-corrected chi connectivity index (χ3v) is 6.07. The number of rotatable bonds is 8. The standard InChI is InChI=1S/C17H33NO2S/c1-2-15-5-3-4-6-17(15)20-13-16(19)12-18-11-14-7-9-21-10-8-14/h14-19H,2-13H2,1H3. The maximum absolute atomic E-state index is 10.1. The lowest BCUT2D eigenvalue weighted by molar-refractivity contribution is -0.0500. The molecule has 1 saturated carbocycles. The van der Waals surface area contributed by atoms with Gasteiger partial charge in [-0.25, -0.2) is 0 Å². The highest BCUT2D eigenvalue weighted by molar-refractivity contribution is 7.99. The highest BCUT2D eigenvalue weighted by Crippen LogP contribution is 2.29. The molecule has 1 aliphatic heterocycles. The topological polar surface area (TPSA) is 41.5 Å². The first kappa shape index (κ1) is 17.6. The first-order chi connectivity index (χ1) is 10.3. The summed E-state index contributed by atoms with van der Waals surface area (Å²) in [6.45, 7) is 4.48. The minimum Gasteiger partial charge on any atom is -0.389 e. The third-order valence-electron chi connectivity index (χ3n) is 5.02. The Balaban J connectivity index is 1.55. The maximum atomic E-state index is 10.1. The van der Waals surface area contributed by atoms with Crippen molar-refractivity contribution < 1.29 is 9.84 Å². The Kier molecular flexibility index (Phi) is 8.45. The fourth-order valence-corrected chi connectivity index (χ4v) is 4.76. The molecule has 2 aliphatic rings. The minimum atomic E-state index is -0.359. The van der Waals surface area contributed by atoms with Crippen LogP contribution < -0.4 is 5.32 Å². The maximum Gasteiger partial charge on any atom is 0.0897 e. The highest BCUT2D eigenvalue weighted by Gasteiger charge is 2.24. The van der Waals surface area contributed by atoms with E-state index in [4.69, 9.17) is 4.74 Å². The van der Waals surface area contributed by atoms with Gasteiger partial charge in [0, 0.05) is 6.54 Å². The van der Waals surface area contributed by atoms with Gasteiger partial charge in [0.05, 0.1) is 18.8 Å². The summed E-state index contributed by atoms with van der Waals surface area (Å²) in [4.78, 5) is 0. The summed E-state index contributed by atoms with van der Waals surface area (Å²) in [6, 6.07) is 0. The van der Waals surface area contributed by atoms with Gasteiger partial charge in [0.25, 0.3) is 0 Å². The minimum absolute atomic E-state index is 0.359. The summed E-state index contributed by atoms with van der Waals surface area (Å²) in [5.41, 5.74) is 0. The molecule has 1 aliphatic carbocycles. The van der Waals surface area contributed by atoms with Gasteiger partial charge < -0.3 is 15.2 Å². The zero-order chi connectivity index (χ0) is 14.9. The molecule has 0 aromatic heterocycles. The smallest absolute Gasteiger partial charge is 0.0897 e. The number of hydrogen-bond acceptors (Lipinski definition) is 4. The Morgan fingerprint density at radius 2 is 1.95 bits per heavy atom. The van der Waals surface area contributed by atoms with Crippen molar-refractivity contribution in [3.05, 3.63) is 0 Å². The molecule has 1 heterocycles. The molecule has 21 heavy (non-hydrogen) atoms. The molecule has 2 fully saturated rings. The van der Waals surface area contributed by atoms with Crippen LogP contribution in [0.25, 0.3) is 0 Å². The van der Waals surface area contributed by atoms with Crippen LogP contribution in [0, 0.1) is 11.8 Å². The van der Waals surface area contributed by atoms with E-state index in [9.17, 15) is 5.11 Å². The molecule has 3 unspecified atom stereocenters. The van der Waals surface area contributed by atoms with Gasteiger partial charge in [0.2, 0.25) is 0 Å². The third kappa shape index (κ3) is 6.47. The van der Waals surface area contributed by atoms with E-state index in [2.05, 4.69) is 24.0 Å². The molecule has 3 nitrogen and oxygen atoms in total. The summed E-state index contributed by atoms with van der Waals surface area (Å²) >= 11 is 2.07. The summed E-state index contributed by atoms with van der Waals surface area (Å²) in [5, 5.41) is 13.5. The first-order valence-corrected chi connectivity index (χ1v) is 10.0. The summed E-state index contributed by atoms with van der Waals surface area (Å²) in [7, 11) is 0. The van der Waals surface area contributed by atoms with E-state index in [1.54, 1.807) is 0 Å². The Labute approximate surface area is 134 Å². The van der Waals surface area contributed by atoms with E-state index in [-0.39, 0.29) is 6.10 Å². The second kappa shape index (κ2) is 10.1. The molecule has 1 saturated heterocycles. The SMILES string of the molecule is CCC1CCCCC1OCC(O)CNCC1CCSCC1. The second-order valence-electron chi connectivity index (χ2n) is 6.69. The molecular formula is C17H33NO2S. The first-order valence-electron chi connectivity index (χ1n) is 8.87. The van der Waals surface area contributed by atoms with Crippen molar-refractivity contribution in [2.45, 2.75) is 64.1 Å². The van der Waals surface area contributed by atoms with Crippen molar-refractivity contribution in [2.24, 2.45) is 11.8 Å². The molecule has 2 rings (SSSR count). The molecule has 0 spiro atoms. The number of nitrogens with one attached hydrogen (secondary N) is 1. The zero-order valence-electron chi connectivity index (χ0n) is 13.6. The van der Waals surface area contributed by atoms with Crippen LogP contribution in [0.4, 0.5) is 0 Å². The van der Waals surface area contributed by atoms with E-state index >= 15 is 0 Å². The average Bonchev–Trinajstić information content (AvgIpc) is 2.54. The van der Waals surface area contributed by atoms with Crippen molar-refractivity contribution in [3.63, 3.8) is 0 Å². The fourth-order valence-electron chi connectivity index (χ4n) is 3.56. The summed E-state index contributed by atoms with van der Waals surface area (Å²) < 4.78 is 6.00. The van der Waals surface area contributed by atoms with E-state index < -0.39 is 0 Å². The van der Waals surface area contributed by atoms with E-state index in [0.717, 1.165) is 12.5 Å². The van der Waals surface area contributed by atoms with E-state index in [1.807, 2.05) is 0 Å². The van der Waals surface area contributed by atoms with Crippen molar-refractivity contribution in [2.75, 3.05) is 31.2 Å². The Morgan fingerprint density at radius 3 is 2.71 bits per heavy atom. The molecule has 124 valence electrons. The van der Waals surface area contributed by atoms with E-state index in [1.165, 1.54) is 56.5 Å². The molecule has 0 bridgehead atoms. The molecule has 0 radical (unpaired) electrons. The van der Waals surface area contributed by atoms with Crippen molar-refractivity contribution in [1.29, 1.82) is 0 Å². The van der Waals surface area contributed by atoms with Gasteiger partial charge in [-0.15, -0.1) is 0 Å². The predicted molar refractivity (Wildman–Crippen MR) is 90.9 cm³/mol. The molecular weight excluding hydrogens is 282 g/mol. The van der Waals surface area contributed by atoms with Crippen LogP contribution >= 0.6 is 11.8 Å². The molecule has 0 amide bonds. The predicted octanol–water partition coefficient (Wildman–Crippen LogP) is 3.07. The Hall–Kier alpha value is 0.230. The average molecular weight is 316 g/mol. The van der Waals surface area contributed by atoms with Gasteiger partial charge in [-0.05, 0) is 55.6 Å². The Morgan fingerprint density at radius 1 is 1.19 bits per heavy atom. The number of aliphatic hydroxyl groups is 1. The molecule has 4 heteroatoms. The lowest BCUT2D eigenvalue weighted by atomic mass is 9.85. The van der Waals surface area contributed by atoms with Crippen LogP contribution in [0.3, 0.4) is 0 Å². The van der Waals surface area contributed by atoms with Crippen LogP contribution in [0.15, 0.2) is 0 Å². The summed E-state index contributed by atoms with van der Waals surface area (Å²) in [6.07, 6.45) is 9.00. The number of thioether (sulfide) groups is 1. The highest BCUT2D eigenvalue weighted by atomic mass is 32.2. The molecule has 0 aromatic rings. The van der Waals surface area contributed by atoms with Gasteiger partial charge in [0.1, 0.15) is 0 Å². The van der Waals surface area contributed by atoms with Crippen LogP contribution in [-0.2, 0) is 4.74 Å².